The highest BCUT2D eigenvalue weighted by Gasteiger charge is 2.17. The van der Waals surface area contributed by atoms with Gasteiger partial charge in [0.2, 0.25) is 0 Å². The van der Waals surface area contributed by atoms with Gasteiger partial charge >= 0.3 is 11.7 Å². The fourth-order valence-corrected chi connectivity index (χ4v) is 2.33. The maximum atomic E-state index is 12.0. The first kappa shape index (κ1) is 18.5. The Hall–Kier alpha value is -2.86. The second-order valence-electron chi connectivity index (χ2n) is 5.23. The number of carbonyl (C=O) groups is 1. The number of carbonyl (C=O) groups excluding carboxylic acids is 1. The van der Waals surface area contributed by atoms with Crippen LogP contribution >= 0.6 is 11.6 Å². The minimum atomic E-state index is -0.588. The highest BCUT2D eigenvalue weighted by atomic mass is 35.5. The Balaban J connectivity index is 2.27. The number of ether oxygens (including phenoxy) is 2. The van der Waals surface area contributed by atoms with Crippen LogP contribution in [0.1, 0.15) is 11.1 Å². The monoisotopic (exact) mass is 361 g/mol. The van der Waals surface area contributed by atoms with Crippen molar-refractivity contribution in [1.29, 1.82) is 0 Å². The van der Waals surface area contributed by atoms with Gasteiger partial charge in [-0.25, -0.2) is 4.79 Å². The summed E-state index contributed by atoms with van der Waals surface area (Å²) in [5.74, 6) is -0.508. The number of halogens is 1. The molecule has 130 valence electrons. The Kier molecular flexibility index (Phi) is 6.14. The van der Waals surface area contributed by atoms with Gasteiger partial charge in [-0.2, -0.15) is 0 Å². The van der Waals surface area contributed by atoms with Gasteiger partial charge in [-0.05, 0) is 42.3 Å². The van der Waals surface area contributed by atoms with E-state index in [2.05, 4.69) is 0 Å². The summed E-state index contributed by atoms with van der Waals surface area (Å²) in [4.78, 5) is 22.6. The summed E-state index contributed by atoms with van der Waals surface area (Å²) in [7, 11) is 1.25. The number of benzene rings is 2. The number of nitro groups is 1. The van der Waals surface area contributed by atoms with Crippen LogP contribution in [0.25, 0.3) is 6.08 Å². The van der Waals surface area contributed by atoms with Gasteiger partial charge < -0.3 is 9.47 Å². The largest absolute Gasteiger partial charge is 0.482 e. The van der Waals surface area contributed by atoms with Crippen LogP contribution < -0.4 is 4.74 Å². The van der Waals surface area contributed by atoms with E-state index in [1.807, 2.05) is 0 Å². The molecule has 2 rings (SSSR count). The van der Waals surface area contributed by atoms with Crippen molar-refractivity contribution in [2.24, 2.45) is 0 Å². The highest BCUT2D eigenvalue weighted by molar-refractivity contribution is 6.30. The molecule has 0 atom stereocenters. The molecule has 0 radical (unpaired) electrons. The predicted molar refractivity (Wildman–Crippen MR) is 94.8 cm³/mol. The number of esters is 1. The number of hydrogen-bond acceptors (Lipinski definition) is 5. The third kappa shape index (κ3) is 5.06. The molecule has 2 aromatic carbocycles. The Labute approximate surface area is 149 Å². The van der Waals surface area contributed by atoms with Crippen molar-refractivity contribution >= 4 is 29.3 Å². The molecular formula is C18H16ClNO5. The zero-order valence-electron chi connectivity index (χ0n) is 13.7. The lowest BCUT2D eigenvalue weighted by molar-refractivity contribution is -0.385. The van der Waals surface area contributed by atoms with Crippen molar-refractivity contribution in [3.63, 3.8) is 0 Å². The summed E-state index contributed by atoms with van der Waals surface area (Å²) in [6.07, 6.45) is 1.57. The molecule has 0 aromatic heterocycles. The third-order valence-electron chi connectivity index (χ3n) is 3.33. The van der Waals surface area contributed by atoms with Crippen LogP contribution in [0.15, 0.2) is 48.0 Å². The third-order valence-corrected chi connectivity index (χ3v) is 3.57. The van der Waals surface area contributed by atoms with Crippen molar-refractivity contribution in [3.05, 3.63) is 74.3 Å². The van der Waals surface area contributed by atoms with Crippen LogP contribution in [-0.4, -0.2) is 24.6 Å². The number of aryl methyl sites for hydroxylation is 1. The normalized spacial score (nSPS) is 11.1. The first-order valence-electron chi connectivity index (χ1n) is 7.33. The van der Waals surface area contributed by atoms with E-state index in [0.29, 0.717) is 10.6 Å². The second-order valence-corrected chi connectivity index (χ2v) is 5.67. The summed E-state index contributed by atoms with van der Waals surface area (Å²) in [6.45, 7) is 1.57. The highest BCUT2D eigenvalue weighted by Crippen LogP contribution is 2.28. The molecule has 0 spiro atoms. The van der Waals surface area contributed by atoms with Crippen molar-refractivity contribution in [2.45, 2.75) is 6.92 Å². The van der Waals surface area contributed by atoms with E-state index in [0.717, 1.165) is 5.56 Å². The molecule has 0 aliphatic rings. The van der Waals surface area contributed by atoms with Gasteiger partial charge in [-0.15, -0.1) is 0 Å². The summed E-state index contributed by atoms with van der Waals surface area (Å²) in [6, 6.07) is 11.5. The molecule has 7 heteroatoms. The molecule has 0 saturated carbocycles. The quantitative estimate of drug-likeness (QED) is 0.333. The SMILES string of the molecule is COC(=O)/C(=C/c1cccc(Cl)c1)COc1ccc(C)cc1[N+](=O)[O-]. The fourth-order valence-electron chi connectivity index (χ4n) is 2.14. The molecule has 0 amide bonds. The lowest BCUT2D eigenvalue weighted by atomic mass is 10.1. The number of nitrogens with zero attached hydrogens (tertiary/aromatic N) is 1. The van der Waals surface area contributed by atoms with Crippen LogP contribution in [0, 0.1) is 17.0 Å². The lowest BCUT2D eigenvalue weighted by Crippen LogP contribution is -2.13. The number of methoxy groups -OCH3 is 1. The van der Waals surface area contributed by atoms with Crippen LogP contribution in [0.5, 0.6) is 5.75 Å². The fraction of sp³-hybridized carbons (Fsp3) is 0.167. The molecule has 0 saturated heterocycles. The van der Waals surface area contributed by atoms with E-state index in [1.54, 1.807) is 43.3 Å². The first-order valence-corrected chi connectivity index (χ1v) is 7.71. The molecule has 0 bridgehead atoms. The van der Waals surface area contributed by atoms with Gasteiger partial charge in [0.15, 0.2) is 5.75 Å². The Bertz CT molecular complexity index is 832. The van der Waals surface area contributed by atoms with Gasteiger partial charge in [0.25, 0.3) is 0 Å². The van der Waals surface area contributed by atoms with Crippen LogP contribution in [-0.2, 0) is 9.53 Å². The van der Waals surface area contributed by atoms with E-state index in [4.69, 9.17) is 21.1 Å². The zero-order valence-corrected chi connectivity index (χ0v) is 14.4. The number of hydrogen-bond donors (Lipinski definition) is 0. The molecular weight excluding hydrogens is 346 g/mol. The predicted octanol–water partition coefficient (Wildman–Crippen LogP) is 4.19. The van der Waals surface area contributed by atoms with E-state index in [9.17, 15) is 14.9 Å². The van der Waals surface area contributed by atoms with Gasteiger partial charge in [0, 0.05) is 11.1 Å². The Morgan fingerprint density at radius 2 is 2.04 bits per heavy atom. The van der Waals surface area contributed by atoms with Crippen LogP contribution in [0.2, 0.25) is 5.02 Å². The standard InChI is InChI=1S/C18H16ClNO5/c1-12-6-7-17(16(8-12)20(22)23)25-11-14(18(21)24-2)9-13-4-3-5-15(19)10-13/h3-10H,11H2,1-2H3/b14-9+. The minimum Gasteiger partial charge on any atom is -0.482 e. The topological polar surface area (TPSA) is 78.7 Å². The minimum absolute atomic E-state index is 0.0801. The molecule has 0 aliphatic carbocycles. The molecule has 0 heterocycles. The molecule has 25 heavy (non-hydrogen) atoms. The molecule has 0 aliphatic heterocycles. The van der Waals surface area contributed by atoms with E-state index in [1.165, 1.54) is 19.2 Å². The maximum Gasteiger partial charge on any atom is 0.337 e. The van der Waals surface area contributed by atoms with Crippen molar-refractivity contribution in [1.82, 2.24) is 0 Å². The summed E-state index contributed by atoms with van der Waals surface area (Å²) >= 11 is 5.93. The molecule has 6 nitrogen and oxygen atoms in total. The van der Waals surface area contributed by atoms with Crippen molar-refractivity contribution < 1.29 is 19.2 Å². The molecule has 0 unspecified atom stereocenters. The zero-order chi connectivity index (χ0) is 18.4. The van der Waals surface area contributed by atoms with Crippen LogP contribution in [0.4, 0.5) is 5.69 Å². The average molecular weight is 362 g/mol. The Morgan fingerprint density at radius 3 is 2.68 bits per heavy atom. The van der Waals surface area contributed by atoms with Gasteiger partial charge in [0.05, 0.1) is 17.6 Å². The maximum absolute atomic E-state index is 12.0. The smallest absolute Gasteiger partial charge is 0.337 e. The summed E-state index contributed by atoms with van der Waals surface area (Å²) < 4.78 is 10.2. The van der Waals surface area contributed by atoms with Crippen LogP contribution in [0.3, 0.4) is 0 Å². The van der Waals surface area contributed by atoms with Crippen molar-refractivity contribution in [3.8, 4) is 5.75 Å². The average Bonchev–Trinajstić information content (AvgIpc) is 2.58. The summed E-state index contributed by atoms with van der Waals surface area (Å²) in [5.41, 5.74) is 1.48. The van der Waals surface area contributed by atoms with Crippen molar-refractivity contribution in [2.75, 3.05) is 13.7 Å². The lowest BCUT2D eigenvalue weighted by Gasteiger charge is -2.09. The number of rotatable bonds is 6. The first-order chi connectivity index (χ1) is 11.9. The molecule has 0 fully saturated rings. The van der Waals surface area contributed by atoms with Gasteiger partial charge in [0.1, 0.15) is 6.61 Å². The van der Waals surface area contributed by atoms with Gasteiger partial charge in [-0.3, -0.25) is 10.1 Å². The molecule has 2 aromatic rings. The summed E-state index contributed by atoms with van der Waals surface area (Å²) in [5, 5.41) is 11.7. The van der Waals surface area contributed by atoms with Gasteiger partial charge in [-0.1, -0.05) is 29.8 Å². The van der Waals surface area contributed by atoms with E-state index >= 15 is 0 Å². The Morgan fingerprint density at radius 1 is 1.28 bits per heavy atom. The van der Waals surface area contributed by atoms with E-state index in [-0.39, 0.29) is 23.6 Å². The second kappa shape index (κ2) is 8.30. The number of nitro benzene ring substituents is 1. The van der Waals surface area contributed by atoms with E-state index < -0.39 is 10.9 Å². The molecule has 0 N–H and O–H groups in total.